The molecular weight excluding hydrogens is 366 g/mol. The molecule has 4 nitrogen and oxygen atoms in total. The van der Waals surface area contributed by atoms with Crippen molar-refractivity contribution in [3.63, 3.8) is 0 Å². The molecule has 26 heavy (non-hydrogen) atoms. The number of hydrogen-bond acceptors (Lipinski definition) is 4. The first kappa shape index (κ1) is 17.5. The monoisotopic (exact) mass is 385 g/mol. The van der Waals surface area contributed by atoms with E-state index < -0.39 is 0 Å². The normalized spacial score (nSPS) is 15.5. The Balaban J connectivity index is 1.43. The van der Waals surface area contributed by atoms with E-state index in [1.54, 1.807) is 0 Å². The second-order valence-corrected chi connectivity index (χ2v) is 7.99. The molecule has 0 saturated carbocycles. The van der Waals surface area contributed by atoms with Crippen molar-refractivity contribution in [1.29, 1.82) is 0 Å². The van der Waals surface area contributed by atoms with Gasteiger partial charge >= 0.3 is 0 Å². The number of benzene rings is 1. The predicted molar refractivity (Wildman–Crippen MR) is 107 cm³/mol. The Morgan fingerprint density at radius 3 is 2.73 bits per heavy atom. The Bertz CT molecular complexity index is 934. The average Bonchev–Trinajstić information content (AvgIpc) is 3.17. The van der Waals surface area contributed by atoms with Crippen LogP contribution in [-0.4, -0.2) is 46.9 Å². The van der Waals surface area contributed by atoms with Crippen LogP contribution in [0.5, 0.6) is 0 Å². The highest BCUT2D eigenvalue weighted by atomic mass is 35.5. The number of amides is 1. The third-order valence-electron chi connectivity index (χ3n) is 4.78. The maximum atomic E-state index is 12.4. The number of pyridine rings is 1. The minimum atomic E-state index is 0.139. The molecule has 1 aliphatic heterocycles. The summed E-state index contributed by atoms with van der Waals surface area (Å²) in [6.45, 7) is 6.00. The quantitative estimate of drug-likeness (QED) is 0.633. The van der Waals surface area contributed by atoms with Crippen molar-refractivity contribution in [2.45, 2.75) is 13.5 Å². The first-order valence-electron chi connectivity index (χ1n) is 8.71. The fraction of sp³-hybridized carbons (Fsp3) is 0.300. The highest BCUT2D eigenvalue weighted by Crippen LogP contribution is 2.23. The van der Waals surface area contributed by atoms with Crippen LogP contribution in [-0.2, 0) is 6.54 Å². The second kappa shape index (κ2) is 7.35. The van der Waals surface area contributed by atoms with Crippen LogP contribution in [0.4, 0.5) is 0 Å². The highest BCUT2D eigenvalue weighted by molar-refractivity contribution is 7.12. The van der Waals surface area contributed by atoms with Gasteiger partial charge in [0.25, 0.3) is 5.91 Å². The largest absolute Gasteiger partial charge is 0.335 e. The molecule has 1 aliphatic rings. The predicted octanol–water partition coefficient (Wildman–Crippen LogP) is 4.22. The lowest BCUT2D eigenvalue weighted by Crippen LogP contribution is -2.48. The number of aromatic nitrogens is 1. The van der Waals surface area contributed by atoms with E-state index in [4.69, 9.17) is 11.6 Å². The molecule has 0 bridgehead atoms. The molecule has 1 amide bonds. The maximum absolute atomic E-state index is 12.4. The van der Waals surface area contributed by atoms with Crippen molar-refractivity contribution < 1.29 is 4.79 Å². The van der Waals surface area contributed by atoms with Gasteiger partial charge in [0.1, 0.15) is 5.15 Å². The number of aryl methyl sites for hydroxylation is 1. The fourth-order valence-electron chi connectivity index (χ4n) is 3.31. The second-order valence-electron chi connectivity index (χ2n) is 6.68. The lowest BCUT2D eigenvalue weighted by atomic mass is 10.1. The number of halogens is 1. The van der Waals surface area contributed by atoms with Crippen LogP contribution in [0.1, 0.15) is 20.8 Å². The summed E-state index contributed by atoms with van der Waals surface area (Å²) in [5, 5.41) is 3.63. The Hall–Kier alpha value is -1.95. The molecule has 0 spiro atoms. The first-order valence-corrected chi connectivity index (χ1v) is 9.97. The fourth-order valence-corrected chi connectivity index (χ4v) is 4.21. The van der Waals surface area contributed by atoms with Crippen molar-refractivity contribution in [1.82, 2.24) is 14.8 Å². The van der Waals surface area contributed by atoms with Crippen molar-refractivity contribution >= 4 is 39.7 Å². The minimum Gasteiger partial charge on any atom is -0.335 e. The summed E-state index contributed by atoms with van der Waals surface area (Å²) in [5.74, 6) is 0.139. The highest BCUT2D eigenvalue weighted by Gasteiger charge is 2.23. The van der Waals surface area contributed by atoms with Crippen molar-refractivity contribution in [3.05, 3.63) is 62.9 Å². The van der Waals surface area contributed by atoms with Crippen molar-refractivity contribution in [2.24, 2.45) is 0 Å². The van der Waals surface area contributed by atoms with Gasteiger partial charge in [0.05, 0.1) is 10.4 Å². The van der Waals surface area contributed by atoms with Crippen LogP contribution in [0.2, 0.25) is 5.15 Å². The summed E-state index contributed by atoms with van der Waals surface area (Å²) >= 11 is 7.92. The van der Waals surface area contributed by atoms with E-state index in [1.807, 2.05) is 22.4 Å². The van der Waals surface area contributed by atoms with E-state index in [9.17, 15) is 4.79 Å². The Labute approximate surface area is 162 Å². The van der Waals surface area contributed by atoms with E-state index in [1.165, 1.54) is 16.9 Å². The van der Waals surface area contributed by atoms with Gasteiger partial charge in [0.2, 0.25) is 0 Å². The van der Waals surface area contributed by atoms with Crippen LogP contribution in [0.15, 0.2) is 41.8 Å². The van der Waals surface area contributed by atoms with Gasteiger partial charge in [-0.25, -0.2) is 4.98 Å². The van der Waals surface area contributed by atoms with Gasteiger partial charge in [0.15, 0.2) is 0 Å². The zero-order valence-corrected chi connectivity index (χ0v) is 16.2. The zero-order chi connectivity index (χ0) is 18.1. The summed E-state index contributed by atoms with van der Waals surface area (Å²) < 4.78 is 0. The lowest BCUT2D eigenvalue weighted by Gasteiger charge is -2.34. The minimum absolute atomic E-state index is 0.139. The van der Waals surface area contributed by atoms with Crippen LogP contribution in [0, 0.1) is 6.92 Å². The molecule has 0 aliphatic carbocycles. The van der Waals surface area contributed by atoms with E-state index in [-0.39, 0.29) is 5.91 Å². The number of thiophene rings is 1. The number of rotatable bonds is 3. The number of nitrogens with zero attached hydrogens (tertiary/aromatic N) is 3. The number of carbonyl (C=O) groups is 1. The van der Waals surface area contributed by atoms with E-state index in [2.05, 4.69) is 41.1 Å². The zero-order valence-electron chi connectivity index (χ0n) is 14.6. The molecule has 0 radical (unpaired) electrons. The van der Waals surface area contributed by atoms with Gasteiger partial charge < -0.3 is 4.90 Å². The van der Waals surface area contributed by atoms with Gasteiger partial charge in [-0.05, 0) is 36.1 Å². The molecule has 1 fully saturated rings. The molecule has 3 aromatic rings. The smallest absolute Gasteiger partial charge is 0.264 e. The summed E-state index contributed by atoms with van der Waals surface area (Å²) in [6, 6.07) is 12.2. The van der Waals surface area contributed by atoms with Gasteiger partial charge in [-0.1, -0.05) is 29.8 Å². The maximum Gasteiger partial charge on any atom is 0.264 e. The van der Waals surface area contributed by atoms with Crippen molar-refractivity contribution in [2.75, 3.05) is 26.2 Å². The van der Waals surface area contributed by atoms with E-state index >= 15 is 0 Å². The molecule has 0 unspecified atom stereocenters. The van der Waals surface area contributed by atoms with E-state index in [0.29, 0.717) is 5.15 Å². The summed E-state index contributed by atoms with van der Waals surface area (Å²) in [4.78, 5) is 22.1. The molecule has 4 rings (SSSR count). The standard InChI is InChI=1S/C20H20ClN3OS/c1-14-4-5-15-12-16(19(21)22-17(15)11-14)13-23-6-8-24(9-7-23)20(25)18-3-2-10-26-18/h2-5,10-12H,6-9,13H2,1H3. The van der Waals surface area contributed by atoms with Gasteiger partial charge in [-0.2, -0.15) is 0 Å². The summed E-state index contributed by atoms with van der Waals surface area (Å²) in [5.41, 5.74) is 3.16. The number of hydrogen-bond donors (Lipinski definition) is 0. The first-order chi connectivity index (χ1) is 12.6. The summed E-state index contributed by atoms with van der Waals surface area (Å²) in [7, 11) is 0. The SMILES string of the molecule is Cc1ccc2cc(CN3CCN(C(=O)c4cccs4)CC3)c(Cl)nc2c1. The molecule has 6 heteroatoms. The molecule has 2 aromatic heterocycles. The van der Waals surface area contributed by atoms with E-state index in [0.717, 1.165) is 54.1 Å². The van der Waals surface area contributed by atoms with Crippen LogP contribution in [0.3, 0.4) is 0 Å². The number of fused-ring (bicyclic) bond motifs is 1. The number of piperazine rings is 1. The molecular formula is C20H20ClN3OS. The number of carbonyl (C=O) groups excluding carboxylic acids is 1. The molecule has 0 atom stereocenters. The van der Waals surface area contributed by atoms with Crippen molar-refractivity contribution in [3.8, 4) is 0 Å². The molecule has 1 saturated heterocycles. The molecule has 134 valence electrons. The lowest BCUT2D eigenvalue weighted by molar-refractivity contribution is 0.0633. The third kappa shape index (κ3) is 3.61. The Morgan fingerprint density at radius 2 is 2.00 bits per heavy atom. The molecule has 1 aromatic carbocycles. The Morgan fingerprint density at radius 1 is 1.19 bits per heavy atom. The van der Waals surface area contributed by atoms with Crippen LogP contribution >= 0.6 is 22.9 Å². The third-order valence-corrected chi connectivity index (χ3v) is 5.97. The van der Waals surface area contributed by atoms with Gasteiger partial charge in [-0.3, -0.25) is 9.69 Å². The van der Waals surface area contributed by atoms with Crippen LogP contribution in [0.25, 0.3) is 10.9 Å². The molecule has 3 heterocycles. The Kier molecular flexibility index (Phi) is 4.94. The topological polar surface area (TPSA) is 36.4 Å². The average molecular weight is 386 g/mol. The van der Waals surface area contributed by atoms with Gasteiger partial charge in [0, 0.05) is 43.7 Å². The summed E-state index contributed by atoms with van der Waals surface area (Å²) in [6.07, 6.45) is 0. The molecule has 0 N–H and O–H groups in total. The van der Waals surface area contributed by atoms with Crippen LogP contribution < -0.4 is 0 Å². The van der Waals surface area contributed by atoms with Gasteiger partial charge in [-0.15, -0.1) is 11.3 Å².